The number of benzene rings is 4. The first kappa shape index (κ1) is 30.9. The molecule has 0 aromatic heterocycles. The van der Waals surface area contributed by atoms with E-state index in [9.17, 15) is 26.4 Å². The molecule has 0 aliphatic carbocycles. The highest BCUT2D eigenvalue weighted by atomic mass is 35.5. The van der Waals surface area contributed by atoms with Gasteiger partial charge in [0.15, 0.2) is 0 Å². The zero-order valence-electron chi connectivity index (χ0n) is 22.2. The molecule has 1 N–H and O–H groups in total. The Morgan fingerprint density at radius 2 is 1.57 bits per heavy atom. The SMILES string of the molecule is CC(c1ccccc1OCCCNC(=O)c1cc(F)cc(F)c1)N(c1cc(F)ccc1F)S(=O)(=O)c1ccc(Cl)cc1. The van der Waals surface area contributed by atoms with Crippen LogP contribution >= 0.6 is 11.6 Å². The summed E-state index contributed by atoms with van der Waals surface area (Å²) in [6.07, 6.45) is 0.289. The van der Waals surface area contributed by atoms with Gasteiger partial charge in [0.1, 0.15) is 29.0 Å². The van der Waals surface area contributed by atoms with E-state index in [0.717, 1.165) is 34.6 Å². The number of halogens is 5. The lowest BCUT2D eigenvalue weighted by Gasteiger charge is -2.32. The molecule has 0 spiro atoms. The average molecular weight is 621 g/mol. The van der Waals surface area contributed by atoms with Gasteiger partial charge in [-0.3, -0.25) is 9.10 Å². The first-order valence-electron chi connectivity index (χ1n) is 12.7. The lowest BCUT2D eigenvalue weighted by atomic mass is 10.1. The molecular weight excluding hydrogens is 596 g/mol. The molecule has 4 aromatic rings. The van der Waals surface area contributed by atoms with Crippen molar-refractivity contribution in [3.8, 4) is 5.75 Å². The van der Waals surface area contributed by atoms with Crippen LogP contribution in [0.5, 0.6) is 5.75 Å². The van der Waals surface area contributed by atoms with E-state index in [4.69, 9.17) is 16.3 Å². The highest BCUT2D eigenvalue weighted by Crippen LogP contribution is 2.38. The third kappa shape index (κ3) is 7.21. The maximum Gasteiger partial charge on any atom is 0.264 e. The van der Waals surface area contributed by atoms with E-state index in [1.54, 1.807) is 24.3 Å². The fourth-order valence-corrected chi connectivity index (χ4v) is 6.01. The van der Waals surface area contributed by atoms with Crippen molar-refractivity contribution in [1.82, 2.24) is 5.32 Å². The van der Waals surface area contributed by atoms with E-state index in [1.165, 1.54) is 31.2 Å². The summed E-state index contributed by atoms with van der Waals surface area (Å²) in [5.74, 6) is -3.92. The molecule has 1 unspecified atom stereocenters. The van der Waals surface area contributed by atoms with Crippen LogP contribution in [0.25, 0.3) is 0 Å². The van der Waals surface area contributed by atoms with Crippen LogP contribution in [0, 0.1) is 23.3 Å². The molecule has 0 heterocycles. The second kappa shape index (κ2) is 13.3. The summed E-state index contributed by atoms with van der Waals surface area (Å²) in [7, 11) is -4.43. The maximum absolute atomic E-state index is 15.0. The predicted octanol–water partition coefficient (Wildman–Crippen LogP) is 7.05. The molecule has 0 aliphatic rings. The first-order valence-corrected chi connectivity index (χ1v) is 14.5. The number of ether oxygens (including phenoxy) is 1. The Balaban J connectivity index is 1.55. The molecule has 0 saturated heterocycles. The zero-order chi connectivity index (χ0) is 30.4. The predicted molar refractivity (Wildman–Crippen MR) is 151 cm³/mol. The van der Waals surface area contributed by atoms with Crippen LogP contribution in [0.1, 0.15) is 35.3 Å². The Morgan fingerprint density at radius 1 is 0.905 bits per heavy atom. The number of hydrogen-bond acceptors (Lipinski definition) is 4. The minimum atomic E-state index is -4.43. The first-order chi connectivity index (χ1) is 20.0. The molecule has 0 fully saturated rings. The summed E-state index contributed by atoms with van der Waals surface area (Å²) in [5, 5.41) is 2.84. The number of nitrogens with zero attached hydrogens (tertiary/aromatic N) is 1. The number of hydrogen-bond donors (Lipinski definition) is 1. The van der Waals surface area contributed by atoms with Gasteiger partial charge in [0.2, 0.25) is 0 Å². The molecule has 42 heavy (non-hydrogen) atoms. The molecular formula is C30H25ClF4N2O4S. The van der Waals surface area contributed by atoms with Gasteiger partial charge in [-0.2, -0.15) is 0 Å². The summed E-state index contributed by atoms with van der Waals surface area (Å²) in [6.45, 7) is 1.69. The van der Waals surface area contributed by atoms with Crippen LogP contribution in [0.2, 0.25) is 5.02 Å². The van der Waals surface area contributed by atoms with Gasteiger partial charge in [0.05, 0.1) is 23.2 Å². The van der Waals surface area contributed by atoms with Crippen LogP contribution in [-0.4, -0.2) is 27.5 Å². The monoisotopic (exact) mass is 620 g/mol. The van der Waals surface area contributed by atoms with Crippen molar-refractivity contribution in [2.24, 2.45) is 0 Å². The lowest BCUT2D eigenvalue weighted by Crippen LogP contribution is -2.34. The van der Waals surface area contributed by atoms with Crippen LogP contribution < -0.4 is 14.4 Å². The average Bonchev–Trinajstić information content (AvgIpc) is 2.94. The second-order valence-electron chi connectivity index (χ2n) is 9.18. The fraction of sp³-hybridized carbons (Fsp3) is 0.167. The summed E-state index contributed by atoms with van der Waals surface area (Å²) >= 11 is 5.93. The van der Waals surface area contributed by atoms with Crippen molar-refractivity contribution in [3.05, 3.63) is 124 Å². The van der Waals surface area contributed by atoms with Gasteiger partial charge >= 0.3 is 0 Å². The quantitative estimate of drug-likeness (QED) is 0.144. The molecule has 1 atom stereocenters. The summed E-state index contributed by atoms with van der Waals surface area (Å²) in [4.78, 5) is 12.0. The molecule has 1 amide bonds. The number of amides is 1. The van der Waals surface area contributed by atoms with Crippen molar-refractivity contribution >= 4 is 33.2 Å². The van der Waals surface area contributed by atoms with Gasteiger partial charge in [-0.25, -0.2) is 26.0 Å². The van der Waals surface area contributed by atoms with E-state index < -0.39 is 50.9 Å². The summed E-state index contributed by atoms with van der Waals surface area (Å²) in [6, 6.07) is 15.7. The molecule has 4 rings (SSSR count). The Labute approximate surface area is 245 Å². The molecule has 0 bridgehead atoms. The van der Waals surface area contributed by atoms with E-state index in [2.05, 4.69) is 5.32 Å². The fourth-order valence-electron chi connectivity index (χ4n) is 4.25. The van der Waals surface area contributed by atoms with Gasteiger partial charge < -0.3 is 10.1 Å². The highest BCUT2D eigenvalue weighted by Gasteiger charge is 2.34. The van der Waals surface area contributed by atoms with Gasteiger partial charge in [0, 0.05) is 34.8 Å². The molecule has 220 valence electrons. The van der Waals surface area contributed by atoms with Crippen molar-refractivity contribution in [2.45, 2.75) is 24.3 Å². The minimum absolute atomic E-state index is 0.0692. The summed E-state index contributed by atoms with van der Waals surface area (Å²) < 4.78 is 90.4. The van der Waals surface area contributed by atoms with Crippen molar-refractivity contribution in [1.29, 1.82) is 0 Å². The van der Waals surface area contributed by atoms with E-state index >= 15 is 4.39 Å². The number of sulfonamides is 1. The topological polar surface area (TPSA) is 75.7 Å². The maximum atomic E-state index is 15.0. The van der Waals surface area contributed by atoms with Gasteiger partial charge in [-0.15, -0.1) is 0 Å². The third-order valence-corrected chi connectivity index (χ3v) is 8.38. The molecule has 0 saturated carbocycles. The number of carbonyl (C=O) groups is 1. The van der Waals surface area contributed by atoms with Crippen molar-refractivity contribution in [2.75, 3.05) is 17.5 Å². The number of rotatable bonds is 11. The van der Waals surface area contributed by atoms with Crippen LogP contribution in [-0.2, 0) is 10.0 Å². The van der Waals surface area contributed by atoms with Gasteiger partial charge in [0.25, 0.3) is 15.9 Å². The van der Waals surface area contributed by atoms with E-state index in [1.807, 2.05) is 0 Å². The normalized spacial score (nSPS) is 12.0. The summed E-state index contributed by atoms with van der Waals surface area (Å²) in [5.41, 5.74) is -0.305. The number of nitrogens with one attached hydrogen (secondary N) is 1. The smallest absolute Gasteiger partial charge is 0.264 e. The van der Waals surface area contributed by atoms with Gasteiger partial charge in [-0.05, 0) is 67.9 Å². The minimum Gasteiger partial charge on any atom is -0.493 e. The standard InChI is InChI=1S/C30H25ClF4N2O4S/c1-19(37(28-18-22(32)9-12-27(28)35)42(39,40)25-10-7-21(31)8-11-25)26-5-2-3-6-29(26)41-14-4-13-36-30(38)20-15-23(33)17-24(34)16-20/h2-3,5-12,15-19H,4,13-14H2,1H3,(H,36,38). The second-order valence-corrected chi connectivity index (χ2v) is 11.4. The Bertz CT molecular complexity index is 1670. The Kier molecular flexibility index (Phi) is 9.74. The molecule has 6 nitrogen and oxygen atoms in total. The van der Waals surface area contributed by atoms with Crippen LogP contribution in [0.15, 0.2) is 89.8 Å². The van der Waals surface area contributed by atoms with Crippen molar-refractivity contribution < 1.29 is 35.5 Å². The van der Waals surface area contributed by atoms with E-state index in [0.29, 0.717) is 16.7 Å². The van der Waals surface area contributed by atoms with Gasteiger partial charge in [-0.1, -0.05) is 29.8 Å². The van der Waals surface area contributed by atoms with Crippen molar-refractivity contribution in [3.63, 3.8) is 0 Å². The van der Waals surface area contributed by atoms with E-state index in [-0.39, 0.29) is 35.8 Å². The highest BCUT2D eigenvalue weighted by molar-refractivity contribution is 7.92. The largest absolute Gasteiger partial charge is 0.493 e. The molecule has 12 heteroatoms. The van der Waals surface area contributed by atoms with Crippen LogP contribution in [0.3, 0.4) is 0 Å². The molecule has 4 aromatic carbocycles. The third-order valence-electron chi connectivity index (χ3n) is 6.23. The van der Waals surface area contributed by atoms with Crippen LogP contribution in [0.4, 0.5) is 23.2 Å². The number of carbonyl (C=O) groups excluding carboxylic acids is 1. The lowest BCUT2D eigenvalue weighted by molar-refractivity contribution is 0.0950. The zero-order valence-corrected chi connectivity index (χ0v) is 23.7. The molecule has 0 aliphatic heterocycles. The molecule has 0 radical (unpaired) electrons. The Hall–Kier alpha value is -4.09. The Morgan fingerprint density at radius 3 is 2.26 bits per heavy atom. The number of para-hydroxylation sites is 1. The number of anilines is 1.